The summed E-state index contributed by atoms with van der Waals surface area (Å²) in [6, 6.07) is 23.6. The highest BCUT2D eigenvalue weighted by molar-refractivity contribution is 7.98. The van der Waals surface area contributed by atoms with Gasteiger partial charge in [0.05, 0.1) is 13.2 Å². The third-order valence-corrected chi connectivity index (χ3v) is 7.30. The third kappa shape index (κ3) is 5.36. The Labute approximate surface area is 209 Å². The topological polar surface area (TPSA) is 67.6 Å². The van der Waals surface area contributed by atoms with Crippen LogP contribution in [0.25, 0.3) is 11.1 Å². The summed E-state index contributed by atoms with van der Waals surface area (Å²) < 4.78 is 11.5. The number of carbonyl (C=O) groups is 1. The van der Waals surface area contributed by atoms with Gasteiger partial charge in [0, 0.05) is 23.4 Å². The van der Waals surface area contributed by atoms with E-state index in [1.54, 1.807) is 7.11 Å². The molecule has 0 spiro atoms. The second kappa shape index (κ2) is 11.0. The zero-order valence-electron chi connectivity index (χ0n) is 19.8. The van der Waals surface area contributed by atoms with E-state index in [0.717, 1.165) is 41.1 Å². The smallest absolute Gasteiger partial charge is 0.257 e. The Morgan fingerprint density at radius 3 is 2.63 bits per heavy atom. The molecule has 1 fully saturated rings. The maximum Gasteiger partial charge on any atom is 0.257 e. The molecule has 180 valence electrons. The summed E-state index contributed by atoms with van der Waals surface area (Å²) >= 11 is 1.49. The van der Waals surface area contributed by atoms with Gasteiger partial charge in [-0.1, -0.05) is 60.3 Å². The summed E-state index contributed by atoms with van der Waals surface area (Å²) in [5.74, 6) is 1.38. The lowest BCUT2D eigenvalue weighted by molar-refractivity contribution is 0.0936. The van der Waals surface area contributed by atoms with Crippen LogP contribution in [-0.2, 0) is 5.75 Å². The van der Waals surface area contributed by atoms with Gasteiger partial charge in [-0.3, -0.25) is 9.69 Å². The molecule has 3 aromatic carbocycles. The second-order valence-corrected chi connectivity index (χ2v) is 9.53. The van der Waals surface area contributed by atoms with Crippen molar-refractivity contribution < 1.29 is 13.9 Å². The van der Waals surface area contributed by atoms with Crippen LogP contribution < -0.4 is 10.1 Å². The van der Waals surface area contributed by atoms with Gasteiger partial charge in [0.1, 0.15) is 11.3 Å². The number of para-hydroxylation sites is 3. The van der Waals surface area contributed by atoms with Crippen LogP contribution in [0.5, 0.6) is 5.75 Å². The molecule has 4 aromatic rings. The number of likely N-dealkylation sites (tertiary alicyclic amines) is 1. The van der Waals surface area contributed by atoms with E-state index in [1.807, 2.05) is 66.7 Å². The van der Waals surface area contributed by atoms with Gasteiger partial charge in [-0.25, -0.2) is 4.98 Å². The van der Waals surface area contributed by atoms with Crippen LogP contribution in [0, 0.1) is 0 Å². The number of aromatic nitrogens is 1. The fraction of sp³-hybridized carbons (Fsp3) is 0.286. The number of hydrogen-bond acceptors (Lipinski definition) is 6. The number of ether oxygens (including phenoxy) is 1. The fourth-order valence-electron chi connectivity index (χ4n) is 4.64. The number of fused-ring (bicyclic) bond motifs is 1. The number of amides is 1. The van der Waals surface area contributed by atoms with E-state index >= 15 is 0 Å². The summed E-state index contributed by atoms with van der Waals surface area (Å²) in [6.07, 6.45) is 2.35. The first-order valence-corrected chi connectivity index (χ1v) is 12.9. The molecular formula is C28H29N3O3S. The molecule has 1 saturated heterocycles. The number of thioether (sulfide) groups is 1. The first-order valence-electron chi connectivity index (χ1n) is 11.9. The standard InChI is InChI=1S/C28H29N3O3S/c1-33-25-14-6-4-12-22(25)24(31-16-8-9-17-31)18-29-27(32)21-11-3-2-10-20(21)19-35-28-30-23-13-5-7-15-26(23)34-28/h2-7,10-15,24H,8-9,16-19H2,1H3,(H,29,32). The number of nitrogens with one attached hydrogen (secondary N) is 1. The zero-order valence-corrected chi connectivity index (χ0v) is 20.6. The monoisotopic (exact) mass is 487 g/mol. The van der Waals surface area contributed by atoms with Crippen LogP contribution in [0.1, 0.15) is 40.4 Å². The summed E-state index contributed by atoms with van der Waals surface area (Å²) in [5, 5.41) is 3.80. The Hall–Kier alpha value is -3.29. The molecule has 1 atom stereocenters. The Morgan fingerprint density at radius 2 is 1.80 bits per heavy atom. The van der Waals surface area contributed by atoms with Crippen molar-refractivity contribution in [3.63, 3.8) is 0 Å². The maximum absolute atomic E-state index is 13.3. The molecular weight excluding hydrogens is 458 g/mol. The highest BCUT2D eigenvalue weighted by Crippen LogP contribution is 2.32. The first kappa shape index (κ1) is 23.5. The summed E-state index contributed by atoms with van der Waals surface area (Å²) in [7, 11) is 1.70. The van der Waals surface area contributed by atoms with E-state index in [1.165, 1.54) is 24.6 Å². The molecule has 5 rings (SSSR count). The maximum atomic E-state index is 13.3. The van der Waals surface area contributed by atoms with Gasteiger partial charge < -0.3 is 14.5 Å². The van der Waals surface area contributed by atoms with Crippen molar-refractivity contribution >= 4 is 28.8 Å². The number of rotatable bonds is 9. The van der Waals surface area contributed by atoms with Crippen LogP contribution in [0.2, 0.25) is 0 Å². The molecule has 0 radical (unpaired) electrons. The molecule has 1 aromatic heterocycles. The van der Waals surface area contributed by atoms with Gasteiger partial charge in [-0.2, -0.15) is 0 Å². The predicted molar refractivity (Wildman–Crippen MR) is 139 cm³/mol. The molecule has 0 aliphatic carbocycles. The van der Waals surface area contributed by atoms with Gasteiger partial charge >= 0.3 is 0 Å². The Balaban J connectivity index is 1.30. The number of carbonyl (C=O) groups excluding carboxylic acids is 1. The van der Waals surface area contributed by atoms with E-state index in [9.17, 15) is 4.79 Å². The number of nitrogens with zero attached hydrogens (tertiary/aromatic N) is 2. The molecule has 7 heteroatoms. The van der Waals surface area contributed by atoms with Crippen molar-refractivity contribution in [1.29, 1.82) is 0 Å². The Morgan fingerprint density at radius 1 is 1.06 bits per heavy atom. The Kier molecular flexibility index (Phi) is 7.35. The van der Waals surface area contributed by atoms with Crippen molar-refractivity contribution in [3.8, 4) is 5.75 Å². The van der Waals surface area contributed by atoms with Crippen molar-refractivity contribution in [2.45, 2.75) is 29.9 Å². The van der Waals surface area contributed by atoms with Crippen molar-refractivity contribution in [2.24, 2.45) is 0 Å². The van der Waals surface area contributed by atoms with E-state index in [4.69, 9.17) is 9.15 Å². The lowest BCUT2D eigenvalue weighted by atomic mass is 10.0. The quantitative estimate of drug-likeness (QED) is 0.306. The molecule has 1 unspecified atom stereocenters. The van der Waals surface area contributed by atoms with Crippen LogP contribution in [0.15, 0.2) is 82.4 Å². The van der Waals surface area contributed by atoms with Gasteiger partial charge in [-0.05, 0) is 55.8 Å². The molecule has 0 saturated carbocycles. The molecule has 1 aliphatic rings. The van der Waals surface area contributed by atoms with Crippen LogP contribution in [0.4, 0.5) is 0 Å². The van der Waals surface area contributed by atoms with Gasteiger partial charge in [0.25, 0.3) is 11.1 Å². The lowest BCUT2D eigenvalue weighted by Gasteiger charge is -2.29. The normalized spacial score (nSPS) is 14.8. The molecule has 1 N–H and O–H groups in total. The summed E-state index contributed by atoms with van der Waals surface area (Å²) in [5.41, 5.74) is 4.34. The predicted octanol–water partition coefficient (Wildman–Crippen LogP) is 5.70. The molecule has 6 nitrogen and oxygen atoms in total. The largest absolute Gasteiger partial charge is 0.496 e. The second-order valence-electron chi connectivity index (χ2n) is 8.60. The highest BCUT2D eigenvalue weighted by atomic mass is 32.2. The van der Waals surface area contributed by atoms with Crippen molar-refractivity contribution in [3.05, 3.63) is 89.5 Å². The molecule has 35 heavy (non-hydrogen) atoms. The van der Waals surface area contributed by atoms with Crippen molar-refractivity contribution in [2.75, 3.05) is 26.7 Å². The minimum absolute atomic E-state index is 0.0684. The molecule has 0 bridgehead atoms. The van der Waals surface area contributed by atoms with Crippen molar-refractivity contribution in [1.82, 2.24) is 15.2 Å². The zero-order chi connectivity index (χ0) is 24.0. The lowest BCUT2D eigenvalue weighted by Crippen LogP contribution is -2.37. The van der Waals surface area contributed by atoms with Gasteiger partial charge in [0.15, 0.2) is 5.58 Å². The summed E-state index contributed by atoms with van der Waals surface area (Å²) in [6.45, 7) is 2.57. The number of hydrogen-bond donors (Lipinski definition) is 1. The van der Waals surface area contributed by atoms with Crippen LogP contribution in [0.3, 0.4) is 0 Å². The van der Waals surface area contributed by atoms with Gasteiger partial charge in [-0.15, -0.1) is 0 Å². The third-order valence-electron chi connectivity index (χ3n) is 6.42. The number of benzene rings is 3. The minimum atomic E-state index is -0.0714. The number of oxazole rings is 1. The van der Waals surface area contributed by atoms with Crippen LogP contribution in [-0.4, -0.2) is 42.5 Å². The first-order chi connectivity index (χ1) is 17.2. The van der Waals surface area contributed by atoms with E-state index in [2.05, 4.69) is 21.3 Å². The average molecular weight is 488 g/mol. The minimum Gasteiger partial charge on any atom is -0.496 e. The SMILES string of the molecule is COc1ccccc1C(CNC(=O)c1ccccc1CSc1nc2ccccc2o1)N1CCCC1. The molecule has 1 aliphatic heterocycles. The van der Waals surface area contributed by atoms with Crippen LogP contribution >= 0.6 is 11.8 Å². The molecule has 1 amide bonds. The van der Waals surface area contributed by atoms with E-state index in [-0.39, 0.29) is 11.9 Å². The Bertz CT molecular complexity index is 1270. The fourth-order valence-corrected chi connectivity index (χ4v) is 5.48. The highest BCUT2D eigenvalue weighted by Gasteiger charge is 2.26. The molecule has 2 heterocycles. The van der Waals surface area contributed by atoms with Gasteiger partial charge in [0.2, 0.25) is 0 Å². The van der Waals surface area contributed by atoms with E-state index < -0.39 is 0 Å². The average Bonchev–Trinajstić information content (AvgIpc) is 3.58. The number of methoxy groups -OCH3 is 1. The van der Waals surface area contributed by atoms with E-state index in [0.29, 0.717) is 23.1 Å². The summed E-state index contributed by atoms with van der Waals surface area (Å²) in [4.78, 5) is 20.3.